The third-order valence-corrected chi connectivity index (χ3v) is 1.58. The molecule has 0 amide bonds. The van der Waals surface area contributed by atoms with E-state index in [1.807, 2.05) is 13.8 Å². The fraction of sp³-hybridized carbons (Fsp3) is 0.455. The molecule has 1 radical (unpaired) electrons. The molecule has 0 aromatic carbocycles. The Labute approximate surface area is 111 Å². The van der Waals surface area contributed by atoms with Crippen LogP contribution in [0, 0.1) is 20.8 Å². The zero-order chi connectivity index (χ0) is 12.0. The predicted molar refractivity (Wildman–Crippen MR) is 57.8 cm³/mol. The second-order valence-electron chi connectivity index (χ2n) is 3.44. The van der Waals surface area contributed by atoms with Crippen LogP contribution < -0.4 is 0 Å². The van der Waals surface area contributed by atoms with E-state index >= 15 is 0 Å². The maximum absolute atomic E-state index is 9.45. The first kappa shape index (κ1) is 17.7. The van der Waals surface area contributed by atoms with Crippen molar-refractivity contribution in [1.82, 2.24) is 4.98 Å². The molecule has 0 saturated heterocycles. The van der Waals surface area contributed by atoms with E-state index < -0.39 is 12.1 Å². The third kappa shape index (κ3) is 8.61. The molecule has 1 heterocycles. The number of aliphatic hydroxyl groups excluding tert-OH is 1. The van der Waals surface area contributed by atoms with E-state index in [9.17, 15) is 4.79 Å². The first-order valence-corrected chi connectivity index (χ1v) is 4.65. The summed E-state index contributed by atoms with van der Waals surface area (Å²) in [7, 11) is 0. The molecule has 1 aromatic rings. The van der Waals surface area contributed by atoms with Gasteiger partial charge in [-0.05, 0) is 45.4 Å². The minimum atomic E-state index is -1.23. The molecular weight excluding hydrogens is 302 g/mol. The molecule has 1 atom stereocenters. The van der Waals surface area contributed by atoms with Crippen molar-refractivity contribution in [3.63, 3.8) is 0 Å². The zero-order valence-corrected chi connectivity index (χ0v) is 11.3. The monoisotopic (exact) mass is 318 g/mol. The van der Waals surface area contributed by atoms with E-state index in [1.54, 1.807) is 0 Å². The van der Waals surface area contributed by atoms with Gasteiger partial charge in [-0.3, -0.25) is 4.98 Å². The number of aliphatic hydroxyl groups is 1. The van der Waals surface area contributed by atoms with Crippen molar-refractivity contribution in [1.29, 1.82) is 0 Å². The molecular formula is C11H17AgNO3. The fourth-order valence-electron chi connectivity index (χ4n) is 1.04. The number of hydrogen-bond donors (Lipinski definition) is 2. The normalized spacial score (nSPS) is 10.6. The molecule has 0 bridgehead atoms. The number of aliphatic carboxylic acids is 1. The van der Waals surface area contributed by atoms with E-state index in [0.29, 0.717) is 0 Å². The van der Waals surface area contributed by atoms with Crippen LogP contribution in [-0.4, -0.2) is 27.3 Å². The maximum atomic E-state index is 9.45. The Hall–Kier alpha value is -0.680. The second-order valence-corrected chi connectivity index (χ2v) is 3.44. The number of carboxylic acid groups (broad SMARTS) is 1. The minimum Gasteiger partial charge on any atom is -0.479 e. The van der Waals surface area contributed by atoms with Crippen LogP contribution in [0.5, 0.6) is 0 Å². The van der Waals surface area contributed by atoms with Gasteiger partial charge in [0.1, 0.15) is 6.10 Å². The van der Waals surface area contributed by atoms with Gasteiger partial charge in [0, 0.05) is 33.8 Å². The van der Waals surface area contributed by atoms with Gasteiger partial charge in [0.2, 0.25) is 0 Å². The Balaban J connectivity index is 0. The third-order valence-electron chi connectivity index (χ3n) is 1.58. The topological polar surface area (TPSA) is 70.4 Å². The minimum absolute atomic E-state index is 0. The summed E-state index contributed by atoms with van der Waals surface area (Å²) in [5.74, 6) is -1.19. The average molecular weight is 319 g/mol. The molecule has 16 heavy (non-hydrogen) atoms. The maximum Gasteiger partial charge on any atom is 0.332 e. The Bertz CT molecular complexity index is 290. The van der Waals surface area contributed by atoms with Gasteiger partial charge >= 0.3 is 5.97 Å². The van der Waals surface area contributed by atoms with Crippen molar-refractivity contribution >= 4 is 5.97 Å². The number of pyridine rings is 1. The van der Waals surface area contributed by atoms with E-state index in [0.717, 1.165) is 11.4 Å². The first-order chi connectivity index (χ1) is 6.82. The Kier molecular flexibility index (Phi) is 9.37. The van der Waals surface area contributed by atoms with Gasteiger partial charge in [-0.1, -0.05) is 0 Å². The van der Waals surface area contributed by atoms with Crippen molar-refractivity contribution in [3.8, 4) is 0 Å². The molecule has 0 spiro atoms. The van der Waals surface area contributed by atoms with E-state index in [1.165, 1.54) is 12.5 Å². The van der Waals surface area contributed by atoms with Crippen LogP contribution in [-0.2, 0) is 27.2 Å². The SMILES string of the molecule is CC(O)C(=O)O.Cc1cc(C)nc(C)c1.[Ag]. The smallest absolute Gasteiger partial charge is 0.332 e. The molecule has 4 nitrogen and oxygen atoms in total. The zero-order valence-electron chi connectivity index (χ0n) is 9.78. The van der Waals surface area contributed by atoms with Gasteiger partial charge in [0.05, 0.1) is 0 Å². The summed E-state index contributed by atoms with van der Waals surface area (Å²) in [4.78, 5) is 13.7. The standard InChI is InChI=1S/C8H11N.C3H6O3.Ag/c1-6-4-7(2)9-8(3)5-6;1-2(4)3(5)6;/h4-5H,1-3H3;2,4H,1H3,(H,5,6);. The van der Waals surface area contributed by atoms with Crippen LogP contribution >= 0.6 is 0 Å². The molecule has 0 aliphatic heterocycles. The molecule has 0 fully saturated rings. The van der Waals surface area contributed by atoms with Crippen LogP contribution in [0.1, 0.15) is 23.9 Å². The van der Waals surface area contributed by atoms with Crippen LogP contribution in [0.4, 0.5) is 0 Å². The number of rotatable bonds is 1. The molecule has 1 unspecified atom stereocenters. The van der Waals surface area contributed by atoms with Crippen LogP contribution in [0.25, 0.3) is 0 Å². The van der Waals surface area contributed by atoms with Gasteiger partial charge in [-0.2, -0.15) is 0 Å². The fourth-order valence-corrected chi connectivity index (χ4v) is 1.04. The number of hydrogen-bond acceptors (Lipinski definition) is 3. The van der Waals surface area contributed by atoms with Crippen molar-refractivity contribution in [2.45, 2.75) is 33.8 Å². The molecule has 0 aliphatic rings. The number of carbonyl (C=O) groups is 1. The number of aromatic nitrogens is 1. The quantitative estimate of drug-likeness (QED) is 0.769. The Morgan fingerprint density at radius 1 is 1.25 bits per heavy atom. The summed E-state index contributed by atoms with van der Waals surface area (Å²) in [5, 5.41) is 15.8. The van der Waals surface area contributed by atoms with Crippen molar-refractivity contribution in [2.75, 3.05) is 0 Å². The van der Waals surface area contributed by atoms with E-state index in [-0.39, 0.29) is 22.4 Å². The summed E-state index contributed by atoms with van der Waals surface area (Å²) in [6.45, 7) is 7.31. The van der Waals surface area contributed by atoms with Crippen LogP contribution in [0.2, 0.25) is 0 Å². The summed E-state index contributed by atoms with van der Waals surface area (Å²) in [5.41, 5.74) is 3.50. The molecule has 0 aliphatic carbocycles. The predicted octanol–water partition coefficient (Wildman–Crippen LogP) is 1.46. The summed E-state index contributed by atoms with van der Waals surface area (Å²) in [6.07, 6.45) is -1.23. The number of carboxylic acids is 1. The van der Waals surface area contributed by atoms with Gasteiger partial charge in [0.15, 0.2) is 0 Å². The van der Waals surface area contributed by atoms with Crippen LogP contribution in [0.15, 0.2) is 12.1 Å². The molecule has 5 heteroatoms. The molecule has 95 valence electrons. The summed E-state index contributed by atoms with van der Waals surface area (Å²) >= 11 is 0. The van der Waals surface area contributed by atoms with Crippen LogP contribution in [0.3, 0.4) is 0 Å². The summed E-state index contributed by atoms with van der Waals surface area (Å²) < 4.78 is 0. The largest absolute Gasteiger partial charge is 0.479 e. The van der Waals surface area contributed by atoms with Gasteiger partial charge in [-0.15, -0.1) is 0 Å². The molecule has 2 N–H and O–H groups in total. The van der Waals surface area contributed by atoms with Gasteiger partial charge < -0.3 is 10.2 Å². The molecule has 1 rings (SSSR count). The van der Waals surface area contributed by atoms with Gasteiger partial charge in [-0.25, -0.2) is 4.79 Å². The Morgan fingerprint density at radius 3 is 1.75 bits per heavy atom. The Morgan fingerprint density at radius 2 is 1.56 bits per heavy atom. The summed E-state index contributed by atoms with van der Waals surface area (Å²) in [6, 6.07) is 4.15. The van der Waals surface area contributed by atoms with E-state index in [2.05, 4.69) is 24.0 Å². The number of nitrogens with zero attached hydrogens (tertiary/aromatic N) is 1. The molecule has 0 saturated carbocycles. The number of aryl methyl sites for hydroxylation is 3. The van der Waals surface area contributed by atoms with Crippen molar-refractivity contribution < 1.29 is 37.4 Å². The average Bonchev–Trinajstić information content (AvgIpc) is 2.01. The second kappa shape index (κ2) is 8.47. The molecule has 1 aromatic heterocycles. The van der Waals surface area contributed by atoms with Crippen molar-refractivity contribution in [3.05, 3.63) is 29.1 Å². The van der Waals surface area contributed by atoms with Gasteiger partial charge in [0.25, 0.3) is 0 Å². The van der Waals surface area contributed by atoms with Crippen molar-refractivity contribution in [2.24, 2.45) is 0 Å². The first-order valence-electron chi connectivity index (χ1n) is 4.65. The van der Waals surface area contributed by atoms with E-state index in [4.69, 9.17) is 10.2 Å².